The minimum Gasteiger partial charge on any atom is -0.493 e. The second-order valence-electron chi connectivity index (χ2n) is 5.51. The van der Waals surface area contributed by atoms with E-state index in [4.69, 9.17) is 14.2 Å². The third-order valence-electron chi connectivity index (χ3n) is 3.53. The molecule has 12 heteroatoms. The van der Waals surface area contributed by atoms with E-state index in [-0.39, 0.29) is 24.7 Å². The minimum atomic E-state index is -0.713. The largest absolute Gasteiger partial charge is 0.493 e. The van der Waals surface area contributed by atoms with Crippen LogP contribution < -0.4 is 36.2 Å². The van der Waals surface area contributed by atoms with Gasteiger partial charge in [0, 0.05) is 18.5 Å². The zero-order valence-corrected chi connectivity index (χ0v) is 16.2. The highest BCUT2D eigenvalue weighted by Gasteiger charge is 2.13. The molecule has 2 rings (SSSR count). The minimum absolute atomic E-state index is 0.0213. The number of hydrogen-bond acceptors (Lipinski definition) is 9. The maximum Gasteiger partial charge on any atom is 0.342 e. The van der Waals surface area contributed by atoms with Crippen molar-refractivity contribution in [2.75, 3.05) is 32.7 Å². The summed E-state index contributed by atoms with van der Waals surface area (Å²) in [5.41, 5.74) is 1.61. The molecule has 1 aromatic heterocycles. The third kappa shape index (κ3) is 6.09. The van der Waals surface area contributed by atoms with Gasteiger partial charge in [-0.1, -0.05) is 0 Å². The standard InChI is InChI=1S/C17H22N6O6/c1-4-29-14-11(27-2)7-10(8-12(14)28-3)9-19-21-13(24)5-6-18-15-16(25)20-17(26)23-22-15/h7-9H,4-6H2,1-3H3,(H,18,22)(H,21,24)(H2,20,23,25,26)/b19-9+. The van der Waals surface area contributed by atoms with Crippen LogP contribution in [-0.4, -0.2) is 54.7 Å². The van der Waals surface area contributed by atoms with Gasteiger partial charge in [-0.3, -0.25) is 14.6 Å². The van der Waals surface area contributed by atoms with Gasteiger partial charge in [-0.2, -0.15) is 5.10 Å². The fourth-order valence-corrected chi connectivity index (χ4v) is 2.26. The molecular weight excluding hydrogens is 384 g/mol. The fraction of sp³-hybridized carbons (Fsp3) is 0.353. The molecular formula is C17H22N6O6. The summed E-state index contributed by atoms with van der Waals surface area (Å²) in [7, 11) is 3.02. The molecule has 0 aliphatic heterocycles. The molecule has 156 valence electrons. The average Bonchev–Trinajstić information content (AvgIpc) is 2.70. The summed E-state index contributed by atoms with van der Waals surface area (Å²) in [5.74, 6) is 0.952. The van der Waals surface area contributed by atoms with E-state index in [1.807, 2.05) is 11.9 Å². The van der Waals surface area contributed by atoms with Gasteiger partial charge in [0.15, 0.2) is 11.5 Å². The van der Waals surface area contributed by atoms with Crippen molar-refractivity contribution in [2.45, 2.75) is 13.3 Å². The smallest absolute Gasteiger partial charge is 0.342 e. The Balaban J connectivity index is 1.92. The quantitative estimate of drug-likeness (QED) is 0.312. The Labute approximate surface area is 165 Å². The predicted molar refractivity (Wildman–Crippen MR) is 105 cm³/mol. The van der Waals surface area contributed by atoms with Crippen molar-refractivity contribution in [1.82, 2.24) is 20.6 Å². The van der Waals surface area contributed by atoms with E-state index in [0.29, 0.717) is 29.4 Å². The summed E-state index contributed by atoms with van der Waals surface area (Å²) in [5, 5.41) is 12.2. The number of carbonyl (C=O) groups excluding carboxylic acids is 1. The summed E-state index contributed by atoms with van der Waals surface area (Å²) in [4.78, 5) is 36.2. The van der Waals surface area contributed by atoms with Gasteiger partial charge < -0.3 is 19.5 Å². The predicted octanol–water partition coefficient (Wildman–Crippen LogP) is -0.174. The summed E-state index contributed by atoms with van der Waals surface area (Å²) < 4.78 is 16.1. The Bertz CT molecular complexity index is 958. The van der Waals surface area contributed by atoms with E-state index in [1.54, 1.807) is 12.1 Å². The van der Waals surface area contributed by atoms with Crippen LogP contribution in [0.15, 0.2) is 26.8 Å². The monoisotopic (exact) mass is 406 g/mol. The first-order valence-corrected chi connectivity index (χ1v) is 8.62. The van der Waals surface area contributed by atoms with E-state index < -0.39 is 11.2 Å². The number of aromatic nitrogens is 3. The number of methoxy groups -OCH3 is 2. The number of amides is 1. The van der Waals surface area contributed by atoms with Crippen molar-refractivity contribution in [3.8, 4) is 17.2 Å². The van der Waals surface area contributed by atoms with Gasteiger partial charge in [-0.05, 0) is 19.1 Å². The summed E-state index contributed by atoms with van der Waals surface area (Å²) in [6.07, 6.45) is 1.45. The first kappa shape index (κ1) is 21.5. The lowest BCUT2D eigenvalue weighted by molar-refractivity contribution is -0.120. The maximum absolute atomic E-state index is 11.8. The lowest BCUT2D eigenvalue weighted by Crippen LogP contribution is -2.28. The molecule has 0 aliphatic carbocycles. The zero-order valence-electron chi connectivity index (χ0n) is 16.2. The Morgan fingerprint density at radius 1 is 1.24 bits per heavy atom. The molecule has 0 atom stereocenters. The molecule has 29 heavy (non-hydrogen) atoms. The molecule has 1 heterocycles. The van der Waals surface area contributed by atoms with Crippen molar-refractivity contribution >= 4 is 17.9 Å². The molecule has 0 fully saturated rings. The van der Waals surface area contributed by atoms with Crippen molar-refractivity contribution in [1.29, 1.82) is 0 Å². The van der Waals surface area contributed by atoms with Crippen LogP contribution in [-0.2, 0) is 4.79 Å². The van der Waals surface area contributed by atoms with Gasteiger partial charge in [0.25, 0.3) is 5.56 Å². The highest BCUT2D eigenvalue weighted by Crippen LogP contribution is 2.38. The molecule has 2 aromatic rings. The number of hydrazone groups is 1. The van der Waals surface area contributed by atoms with Crippen LogP contribution in [0.25, 0.3) is 0 Å². The van der Waals surface area contributed by atoms with Crippen LogP contribution in [0.2, 0.25) is 0 Å². The van der Waals surface area contributed by atoms with Crippen molar-refractivity contribution < 1.29 is 19.0 Å². The van der Waals surface area contributed by atoms with Crippen molar-refractivity contribution in [2.24, 2.45) is 5.10 Å². The fourth-order valence-electron chi connectivity index (χ4n) is 2.26. The van der Waals surface area contributed by atoms with Crippen LogP contribution in [0.4, 0.5) is 5.82 Å². The molecule has 0 aliphatic rings. The maximum atomic E-state index is 11.8. The topological polar surface area (TPSA) is 160 Å². The number of rotatable bonds is 10. The summed E-state index contributed by atoms with van der Waals surface area (Å²) in [6.45, 7) is 2.42. The van der Waals surface area contributed by atoms with Gasteiger partial charge >= 0.3 is 5.69 Å². The Morgan fingerprint density at radius 2 is 1.93 bits per heavy atom. The molecule has 0 spiro atoms. The molecule has 1 aromatic carbocycles. The van der Waals surface area contributed by atoms with Gasteiger partial charge in [0.2, 0.25) is 17.5 Å². The van der Waals surface area contributed by atoms with Gasteiger partial charge in [0.05, 0.1) is 27.0 Å². The number of anilines is 1. The number of carbonyl (C=O) groups is 1. The van der Waals surface area contributed by atoms with E-state index >= 15 is 0 Å². The second-order valence-corrected chi connectivity index (χ2v) is 5.51. The number of ether oxygens (including phenoxy) is 3. The van der Waals surface area contributed by atoms with Crippen LogP contribution in [0.5, 0.6) is 17.2 Å². The van der Waals surface area contributed by atoms with E-state index in [9.17, 15) is 14.4 Å². The summed E-state index contributed by atoms with van der Waals surface area (Å²) in [6, 6.07) is 3.39. The number of benzene rings is 1. The molecule has 0 unspecified atom stereocenters. The van der Waals surface area contributed by atoms with Crippen molar-refractivity contribution in [3.05, 3.63) is 38.5 Å². The second kappa shape index (κ2) is 10.5. The highest BCUT2D eigenvalue weighted by molar-refractivity contribution is 5.84. The summed E-state index contributed by atoms with van der Waals surface area (Å²) >= 11 is 0. The lowest BCUT2D eigenvalue weighted by atomic mass is 10.2. The number of nitrogens with one attached hydrogen (secondary N) is 4. The zero-order chi connectivity index (χ0) is 21.2. The third-order valence-corrected chi connectivity index (χ3v) is 3.53. The van der Waals surface area contributed by atoms with E-state index in [0.717, 1.165) is 0 Å². The normalized spacial score (nSPS) is 10.6. The van der Waals surface area contributed by atoms with E-state index in [2.05, 4.69) is 26.0 Å². The average molecular weight is 406 g/mol. The van der Waals surface area contributed by atoms with E-state index in [1.165, 1.54) is 20.4 Å². The van der Waals surface area contributed by atoms with Gasteiger partial charge in [-0.25, -0.2) is 15.3 Å². The first-order valence-electron chi connectivity index (χ1n) is 8.62. The molecule has 0 radical (unpaired) electrons. The molecule has 1 amide bonds. The Kier molecular flexibility index (Phi) is 7.77. The molecule has 4 N–H and O–H groups in total. The lowest BCUT2D eigenvalue weighted by Gasteiger charge is -2.14. The SMILES string of the molecule is CCOc1c(OC)cc(/C=N/NC(=O)CCNc2n[nH]c(=O)[nH]c2=O)cc1OC. The van der Waals surface area contributed by atoms with Gasteiger partial charge in [0.1, 0.15) is 0 Å². The van der Waals surface area contributed by atoms with Crippen LogP contribution in [0.3, 0.4) is 0 Å². The Morgan fingerprint density at radius 3 is 2.52 bits per heavy atom. The number of aromatic amines is 2. The number of hydrogen-bond donors (Lipinski definition) is 4. The number of H-pyrrole nitrogens is 2. The molecule has 0 bridgehead atoms. The van der Waals surface area contributed by atoms with Crippen LogP contribution in [0.1, 0.15) is 18.9 Å². The Hall–Kier alpha value is -3.83. The van der Waals surface area contributed by atoms with Crippen molar-refractivity contribution in [3.63, 3.8) is 0 Å². The number of nitrogens with zero attached hydrogens (tertiary/aromatic N) is 2. The highest BCUT2D eigenvalue weighted by atomic mass is 16.5. The van der Waals surface area contributed by atoms with Crippen LogP contribution >= 0.6 is 0 Å². The molecule has 0 saturated heterocycles. The first-order chi connectivity index (χ1) is 14.0. The molecule has 0 saturated carbocycles. The molecule has 12 nitrogen and oxygen atoms in total. The van der Waals surface area contributed by atoms with Crippen LogP contribution in [0, 0.1) is 0 Å². The van der Waals surface area contributed by atoms with Gasteiger partial charge in [-0.15, -0.1) is 5.10 Å².